The molecule has 1 fully saturated rings. The zero-order valence-electron chi connectivity index (χ0n) is 15.7. The van der Waals surface area contributed by atoms with Crippen LogP contribution < -0.4 is 15.8 Å². The second-order valence-electron chi connectivity index (χ2n) is 6.97. The van der Waals surface area contributed by atoms with E-state index in [1.807, 2.05) is 29.8 Å². The van der Waals surface area contributed by atoms with Gasteiger partial charge >= 0.3 is 6.03 Å². The molecule has 2 aromatic heterocycles. The predicted octanol–water partition coefficient (Wildman–Crippen LogP) is 4.29. The largest absolute Gasteiger partial charge is 0.324 e. The van der Waals surface area contributed by atoms with E-state index < -0.39 is 16.1 Å². The number of aryl methyl sites for hydroxylation is 1. The van der Waals surface area contributed by atoms with Gasteiger partial charge in [0.15, 0.2) is 0 Å². The number of sulfonamides is 1. The molecular formula is C20H20N4O3S2. The smallest absolute Gasteiger partial charge is 0.307 e. The van der Waals surface area contributed by atoms with Crippen molar-refractivity contribution >= 4 is 38.9 Å². The standard InChI is InChI=1S/C20H20N4O3S2/c1-12-3-2-4-17(22-12)23-20(25)24-19-15(14-9-10-28-11-14)7-8-16(29(21,26)27)18(19)13-5-6-13/h2-4,7-11,13H,5-6H2,1H3,(H2,21,26,27)(H2,22,23,24,25). The number of nitrogens with one attached hydrogen (secondary N) is 2. The van der Waals surface area contributed by atoms with Gasteiger partial charge in [0.25, 0.3) is 0 Å². The van der Waals surface area contributed by atoms with Crippen LogP contribution in [0, 0.1) is 6.92 Å². The topological polar surface area (TPSA) is 114 Å². The molecule has 7 nitrogen and oxygen atoms in total. The van der Waals surface area contributed by atoms with E-state index >= 15 is 0 Å². The van der Waals surface area contributed by atoms with Gasteiger partial charge in [-0.15, -0.1) is 0 Å². The first-order chi connectivity index (χ1) is 13.8. The molecule has 4 N–H and O–H groups in total. The molecular weight excluding hydrogens is 408 g/mol. The van der Waals surface area contributed by atoms with Crippen LogP contribution in [0.1, 0.15) is 30.0 Å². The maximum atomic E-state index is 12.7. The summed E-state index contributed by atoms with van der Waals surface area (Å²) in [5.41, 5.74) is 3.48. The monoisotopic (exact) mass is 428 g/mol. The molecule has 1 aliphatic carbocycles. The van der Waals surface area contributed by atoms with E-state index in [1.54, 1.807) is 18.2 Å². The fourth-order valence-corrected chi connectivity index (χ4v) is 4.78. The number of nitrogens with zero attached hydrogens (tertiary/aromatic N) is 1. The van der Waals surface area contributed by atoms with Crippen molar-refractivity contribution in [3.05, 3.63) is 58.4 Å². The van der Waals surface area contributed by atoms with Gasteiger partial charge in [0.05, 0.1) is 10.6 Å². The molecule has 4 rings (SSSR count). The lowest BCUT2D eigenvalue weighted by atomic mass is 9.99. The van der Waals surface area contributed by atoms with E-state index in [4.69, 9.17) is 5.14 Å². The molecule has 29 heavy (non-hydrogen) atoms. The molecule has 9 heteroatoms. The van der Waals surface area contributed by atoms with Crippen LogP contribution in [-0.2, 0) is 10.0 Å². The molecule has 0 saturated heterocycles. The van der Waals surface area contributed by atoms with Crippen LogP contribution in [0.5, 0.6) is 0 Å². The normalized spacial score (nSPS) is 13.9. The van der Waals surface area contributed by atoms with Crippen molar-refractivity contribution in [2.24, 2.45) is 5.14 Å². The number of carbonyl (C=O) groups excluding carboxylic acids is 1. The average molecular weight is 429 g/mol. The van der Waals surface area contributed by atoms with Gasteiger partial charge in [-0.25, -0.2) is 23.3 Å². The van der Waals surface area contributed by atoms with Gasteiger partial charge in [-0.1, -0.05) is 12.1 Å². The number of thiophene rings is 1. The van der Waals surface area contributed by atoms with Gasteiger partial charge in [0.2, 0.25) is 10.0 Å². The van der Waals surface area contributed by atoms with Crippen LogP contribution in [0.4, 0.5) is 16.3 Å². The maximum Gasteiger partial charge on any atom is 0.324 e. The zero-order valence-corrected chi connectivity index (χ0v) is 17.3. The number of urea groups is 1. The van der Waals surface area contributed by atoms with Gasteiger partial charge in [0.1, 0.15) is 5.82 Å². The van der Waals surface area contributed by atoms with E-state index in [0.29, 0.717) is 17.1 Å². The molecule has 2 heterocycles. The van der Waals surface area contributed by atoms with Gasteiger partial charge in [-0.05, 0) is 71.8 Å². The van der Waals surface area contributed by atoms with Gasteiger partial charge < -0.3 is 5.32 Å². The Hall–Kier alpha value is -2.75. The minimum absolute atomic E-state index is 0.0503. The molecule has 0 unspecified atom stereocenters. The second kappa shape index (κ2) is 7.58. The van der Waals surface area contributed by atoms with Crippen molar-refractivity contribution in [2.75, 3.05) is 10.6 Å². The molecule has 0 spiro atoms. The molecule has 1 saturated carbocycles. The molecule has 3 aromatic rings. The second-order valence-corrected chi connectivity index (χ2v) is 9.28. The molecule has 0 aliphatic heterocycles. The number of amides is 2. The third-order valence-electron chi connectivity index (χ3n) is 4.70. The van der Waals surface area contributed by atoms with Gasteiger partial charge in [-0.2, -0.15) is 11.3 Å². The van der Waals surface area contributed by atoms with Crippen LogP contribution in [-0.4, -0.2) is 19.4 Å². The summed E-state index contributed by atoms with van der Waals surface area (Å²) < 4.78 is 24.4. The Morgan fingerprint density at radius 1 is 1.17 bits per heavy atom. The van der Waals surface area contributed by atoms with Crippen molar-refractivity contribution in [1.29, 1.82) is 0 Å². The number of pyridine rings is 1. The number of primary sulfonamides is 1. The Labute approximate surface area is 173 Å². The molecule has 150 valence electrons. The highest BCUT2D eigenvalue weighted by atomic mass is 32.2. The molecule has 2 amide bonds. The highest BCUT2D eigenvalue weighted by Gasteiger charge is 2.34. The lowest BCUT2D eigenvalue weighted by Crippen LogP contribution is -2.23. The number of hydrogen-bond acceptors (Lipinski definition) is 5. The average Bonchev–Trinajstić information content (AvgIpc) is 3.34. The van der Waals surface area contributed by atoms with Crippen molar-refractivity contribution in [3.8, 4) is 11.1 Å². The fourth-order valence-electron chi connectivity index (χ4n) is 3.29. The Balaban J connectivity index is 1.78. The van der Waals surface area contributed by atoms with E-state index in [9.17, 15) is 13.2 Å². The molecule has 0 atom stereocenters. The summed E-state index contributed by atoms with van der Waals surface area (Å²) in [5.74, 6) is 0.462. The van der Waals surface area contributed by atoms with Crippen LogP contribution in [0.25, 0.3) is 11.1 Å². The SMILES string of the molecule is Cc1cccc(NC(=O)Nc2c(-c3ccsc3)ccc(S(N)(=O)=O)c2C2CC2)n1. The van der Waals surface area contributed by atoms with Crippen LogP contribution in [0.3, 0.4) is 0 Å². The minimum atomic E-state index is -3.93. The Morgan fingerprint density at radius 3 is 2.59 bits per heavy atom. The number of anilines is 2. The summed E-state index contributed by atoms with van der Waals surface area (Å²) in [4.78, 5) is 17.1. The lowest BCUT2D eigenvalue weighted by Gasteiger charge is -2.18. The Bertz CT molecular complexity index is 1170. The van der Waals surface area contributed by atoms with Gasteiger partial charge in [0, 0.05) is 11.3 Å². The van der Waals surface area contributed by atoms with E-state index in [2.05, 4.69) is 15.6 Å². The first-order valence-electron chi connectivity index (χ1n) is 9.07. The van der Waals surface area contributed by atoms with E-state index in [1.165, 1.54) is 17.4 Å². The van der Waals surface area contributed by atoms with E-state index in [-0.39, 0.29) is 10.8 Å². The number of rotatable bonds is 5. The Kier molecular flexibility index (Phi) is 5.12. The zero-order chi connectivity index (χ0) is 20.6. The first kappa shape index (κ1) is 19.6. The first-order valence-corrected chi connectivity index (χ1v) is 11.6. The summed E-state index contributed by atoms with van der Waals surface area (Å²) in [5, 5.41) is 14.9. The van der Waals surface area contributed by atoms with Crippen molar-refractivity contribution in [2.45, 2.75) is 30.6 Å². The summed E-state index contributed by atoms with van der Waals surface area (Å²) >= 11 is 1.52. The minimum Gasteiger partial charge on any atom is -0.307 e. The number of aromatic nitrogens is 1. The summed E-state index contributed by atoms with van der Waals surface area (Å²) in [7, 11) is -3.93. The fraction of sp³-hybridized carbons (Fsp3) is 0.200. The number of carbonyl (C=O) groups is 1. The third kappa shape index (κ3) is 4.31. The quantitative estimate of drug-likeness (QED) is 0.562. The molecule has 1 aromatic carbocycles. The summed E-state index contributed by atoms with van der Waals surface area (Å²) in [6, 6.07) is 9.97. The highest BCUT2D eigenvalue weighted by Crippen LogP contribution is 2.49. The number of nitrogens with two attached hydrogens (primary N) is 1. The van der Waals surface area contributed by atoms with Crippen LogP contribution in [0.15, 0.2) is 52.1 Å². The molecule has 0 radical (unpaired) electrons. The van der Waals surface area contributed by atoms with Crippen LogP contribution >= 0.6 is 11.3 Å². The summed E-state index contributed by atoms with van der Waals surface area (Å²) in [6.45, 7) is 1.83. The van der Waals surface area contributed by atoms with Gasteiger partial charge in [-0.3, -0.25) is 5.32 Å². The molecule has 0 bridgehead atoms. The summed E-state index contributed by atoms with van der Waals surface area (Å²) in [6.07, 6.45) is 1.71. The van der Waals surface area contributed by atoms with Crippen molar-refractivity contribution in [1.82, 2.24) is 4.98 Å². The van der Waals surface area contributed by atoms with Crippen molar-refractivity contribution in [3.63, 3.8) is 0 Å². The maximum absolute atomic E-state index is 12.7. The highest BCUT2D eigenvalue weighted by molar-refractivity contribution is 7.89. The number of hydrogen-bond donors (Lipinski definition) is 3. The third-order valence-corrected chi connectivity index (χ3v) is 6.35. The lowest BCUT2D eigenvalue weighted by molar-refractivity contribution is 0.262. The Morgan fingerprint density at radius 2 is 1.97 bits per heavy atom. The van der Waals surface area contributed by atoms with E-state index in [0.717, 1.165) is 29.7 Å². The van der Waals surface area contributed by atoms with Crippen LogP contribution in [0.2, 0.25) is 0 Å². The molecule has 1 aliphatic rings. The number of benzene rings is 1. The van der Waals surface area contributed by atoms with Crippen molar-refractivity contribution < 1.29 is 13.2 Å². The predicted molar refractivity (Wildman–Crippen MR) is 115 cm³/mol.